The van der Waals surface area contributed by atoms with Crippen LogP contribution in [0.4, 0.5) is 0 Å². The topological polar surface area (TPSA) is 72.8 Å². The minimum Gasteiger partial charge on any atom is -0.493 e. The number of carbonyl (C=O) groups excluding carboxylic acids is 1. The lowest BCUT2D eigenvalue weighted by atomic mass is 9.99. The van der Waals surface area contributed by atoms with E-state index in [1.54, 1.807) is 0 Å². The Hall–Kier alpha value is -3.60. The minimum atomic E-state index is -0.797. The number of hydrogen-bond donors (Lipinski definition) is 1. The highest BCUT2D eigenvalue weighted by Gasteiger charge is 2.17. The van der Waals surface area contributed by atoms with E-state index in [9.17, 15) is 9.59 Å². The molecule has 5 nitrogen and oxygen atoms in total. The van der Waals surface area contributed by atoms with Crippen LogP contribution in [0.15, 0.2) is 66.7 Å². The second-order valence-electron chi connectivity index (χ2n) is 8.65. The van der Waals surface area contributed by atoms with Crippen molar-refractivity contribution in [3.63, 3.8) is 0 Å². The quantitative estimate of drug-likeness (QED) is 0.289. The molecule has 0 aliphatic rings. The predicted molar refractivity (Wildman–Crippen MR) is 138 cm³/mol. The number of benzene rings is 3. The van der Waals surface area contributed by atoms with Gasteiger partial charge in [-0.15, -0.1) is 0 Å². The monoisotopic (exact) mass is 474 g/mol. The van der Waals surface area contributed by atoms with Gasteiger partial charge in [0.25, 0.3) is 0 Å². The molecule has 0 fully saturated rings. The lowest BCUT2D eigenvalue weighted by Gasteiger charge is -2.19. The molecular formula is C30H34O5. The van der Waals surface area contributed by atoms with Crippen LogP contribution in [0, 0.1) is 6.92 Å². The van der Waals surface area contributed by atoms with Gasteiger partial charge in [0.1, 0.15) is 17.6 Å². The molecule has 0 heterocycles. The molecule has 35 heavy (non-hydrogen) atoms. The number of rotatable bonds is 13. The van der Waals surface area contributed by atoms with E-state index < -0.39 is 5.97 Å². The molecule has 0 aliphatic heterocycles. The van der Waals surface area contributed by atoms with E-state index in [0.717, 1.165) is 35.3 Å². The molecule has 0 radical (unpaired) electrons. The molecule has 0 saturated carbocycles. The van der Waals surface area contributed by atoms with Crippen LogP contribution in [-0.2, 0) is 17.6 Å². The van der Waals surface area contributed by atoms with E-state index in [4.69, 9.17) is 14.6 Å². The van der Waals surface area contributed by atoms with Crippen molar-refractivity contribution in [2.45, 2.75) is 59.0 Å². The first-order valence-corrected chi connectivity index (χ1v) is 12.2. The molecule has 0 spiro atoms. The summed E-state index contributed by atoms with van der Waals surface area (Å²) in [5.41, 5.74) is 4.35. The van der Waals surface area contributed by atoms with Crippen LogP contribution in [0.25, 0.3) is 0 Å². The summed E-state index contributed by atoms with van der Waals surface area (Å²) in [6, 6.07) is 20.9. The van der Waals surface area contributed by atoms with Crippen LogP contribution in [-0.4, -0.2) is 29.6 Å². The molecule has 3 rings (SSSR count). The smallest absolute Gasteiger partial charge is 0.303 e. The third-order valence-electron chi connectivity index (χ3n) is 6.11. The SMILES string of the molecule is CCc1ccc(OCCC(CC)Oc2ccc(CCC(=O)O)c(C)c2)c(C(=O)c2ccccc2)c1. The molecule has 0 bridgehead atoms. The van der Waals surface area contributed by atoms with Gasteiger partial charge < -0.3 is 14.6 Å². The van der Waals surface area contributed by atoms with E-state index in [1.165, 1.54) is 0 Å². The van der Waals surface area contributed by atoms with Gasteiger partial charge in [0.15, 0.2) is 5.78 Å². The molecule has 3 aromatic rings. The summed E-state index contributed by atoms with van der Waals surface area (Å²) in [6.07, 6.45) is 2.91. The highest BCUT2D eigenvalue weighted by Crippen LogP contribution is 2.25. The number of ketones is 1. The molecule has 1 unspecified atom stereocenters. The van der Waals surface area contributed by atoms with Crippen LogP contribution in [0.5, 0.6) is 11.5 Å². The Labute approximate surface area is 207 Å². The number of carboxylic acid groups (broad SMARTS) is 1. The summed E-state index contributed by atoms with van der Waals surface area (Å²) in [5.74, 6) is 0.511. The summed E-state index contributed by atoms with van der Waals surface area (Å²) in [6.45, 7) is 6.53. The molecule has 5 heteroatoms. The van der Waals surface area contributed by atoms with E-state index >= 15 is 0 Å². The molecule has 184 valence electrons. The number of hydrogen-bond acceptors (Lipinski definition) is 4. The molecule has 1 N–H and O–H groups in total. The van der Waals surface area contributed by atoms with Crippen molar-refractivity contribution in [1.82, 2.24) is 0 Å². The van der Waals surface area contributed by atoms with Crippen LogP contribution < -0.4 is 9.47 Å². The fourth-order valence-corrected chi connectivity index (χ4v) is 3.95. The zero-order valence-electron chi connectivity index (χ0n) is 20.8. The zero-order chi connectivity index (χ0) is 25.2. The first-order valence-electron chi connectivity index (χ1n) is 12.2. The average Bonchev–Trinajstić information content (AvgIpc) is 2.87. The molecular weight excluding hydrogens is 440 g/mol. The molecule has 0 aliphatic carbocycles. The molecule has 3 aromatic carbocycles. The van der Waals surface area contributed by atoms with Crippen molar-refractivity contribution in [3.05, 3.63) is 94.5 Å². The molecule has 0 amide bonds. The van der Waals surface area contributed by atoms with Gasteiger partial charge in [-0.25, -0.2) is 0 Å². The minimum absolute atomic E-state index is 0.0394. The van der Waals surface area contributed by atoms with E-state index in [1.807, 2.05) is 73.7 Å². The maximum absolute atomic E-state index is 13.1. The fraction of sp³-hybridized carbons (Fsp3) is 0.333. The maximum Gasteiger partial charge on any atom is 0.303 e. The number of ether oxygens (including phenoxy) is 2. The summed E-state index contributed by atoms with van der Waals surface area (Å²) in [7, 11) is 0. The highest BCUT2D eigenvalue weighted by atomic mass is 16.5. The van der Waals surface area contributed by atoms with Gasteiger partial charge in [-0.2, -0.15) is 0 Å². The average molecular weight is 475 g/mol. The van der Waals surface area contributed by atoms with Crippen LogP contribution in [0.2, 0.25) is 0 Å². The maximum atomic E-state index is 13.1. The number of carboxylic acids is 1. The van der Waals surface area contributed by atoms with Gasteiger partial charge in [-0.3, -0.25) is 9.59 Å². The predicted octanol–water partition coefficient (Wildman–Crippen LogP) is 6.43. The third-order valence-corrected chi connectivity index (χ3v) is 6.11. The molecule has 1 atom stereocenters. The van der Waals surface area contributed by atoms with Crippen molar-refractivity contribution < 1.29 is 24.2 Å². The largest absolute Gasteiger partial charge is 0.493 e. The van der Waals surface area contributed by atoms with Gasteiger partial charge in [0.05, 0.1) is 12.2 Å². The summed E-state index contributed by atoms with van der Waals surface area (Å²) in [4.78, 5) is 24.0. The lowest BCUT2D eigenvalue weighted by Crippen LogP contribution is -2.19. The van der Waals surface area contributed by atoms with Gasteiger partial charge in [0, 0.05) is 18.4 Å². The van der Waals surface area contributed by atoms with E-state index in [-0.39, 0.29) is 18.3 Å². The van der Waals surface area contributed by atoms with Crippen molar-refractivity contribution in [2.24, 2.45) is 0 Å². The van der Waals surface area contributed by atoms with Crippen LogP contribution >= 0.6 is 0 Å². The normalized spacial score (nSPS) is 11.6. The Balaban J connectivity index is 1.64. The van der Waals surface area contributed by atoms with Gasteiger partial charge in [-0.05, 0) is 67.1 Å². The van der Waals surface area contributed by atoms with E-state index in [2.05, 4.69) is 13.8 Å². The first kappa shape index (κ1) is 26.0. The number of aliphatic carboxylic acids is 1. The summed E-state index contributed by atoms with van der Waals surface area (Å²) in [5, 5.41) is 8.91. The van der Waals surface area contributed by atoms with Gasteiger partial charge in [0.2, 0.25) is 0 Å². The Morgan fingerprint density at radius 1 is 0.971 bits per heavy atom. The van der Waals surface area contributed by atoms with Crippen molar-refractivity contribution in [2.75, 3.05) is 6.61 Å². The van der Waals surface area contributed by atoms with Gasteiger partial charge >= 0.3 is 5.97 Å². The summed E-state index contributed by atoms with van der Waals surface area (Å²) >= 11 is 0. The number of carbonyl (C=O) groups is 2. The van der Waals surface area contributed by atoms with E-state index in [0.29, 0.717) is 36.3 Å². The zero-order valence-corrected chi connectivity index (χ0v) is 20.8. The third kappa shape index (κ3) is 7.44. The lowest BCUT2D eigenvalue weighted by molar-refractivity contribution is -0.136. The second kappa shape index (κ2) is 12.7. The van der Waals surface area contributed by atoms with Crippen LogP contribution in [0.1, 0.15) is 65.7 Å². The van der Waals surface area contributed by atoms with Crippen molar-refractivity contribution in [1.29, 1.82) is 0 Å². The molecule has 0 aromatic heterocycles. The van der Waals surface area contributed by atoms with Crippen molar-refractivity contribution >= 4 is 11.8 Å². The van der Waals surface area contributed by atoms with Crippen LogP contribution in [0.3, 0.4) is 0 Å². The Kier molecular flexibility index (Phi) is 9.47. The standard InChI is InChI=1S/C30H34O5/c1-4-22-11-15-28(27(20-22)30(33)24-9-7-6-8-10-24)34-18-17-25(5-2)35-26-14-12-23(21(3)19-26)13-16-29(31)32/h6-12,14-15,19-20,25H,4-5,13,16-18H2,1-3H3,(H,31,32). The first-order chi connectivity index (χ1) is 16.9. The summed E-state index contributed by atoms with van der Waals surface area (Å²) < 4.78 is 12.3. The fourth-order valence-electron chi connectivity index (χ4n) is 3.95. The highest BCUT2D eigenvalue weighted by molar-refractivity contribution is 6.10. The Morgan fingerprint density at radius 2 is 1.74 bits per heavy atom. The molecule has 0 saturated heterocycles. The van der Waals surface area contributed by atoms with Gasteiger partial charge in [-0.1, -0.05) is 56.3 Å². The number of aryl methyl sites for hydroxylation is 3. The second-order valence-corrected chi connectivity index (χ2v) is 8.65. The Morgan fingerprint density at radius 3 is 2.40 bits per heavy atom. The van der Waals surface area contributed by atoms with Crippen molar-refractivity contribution in [3.8, 4) is 11.5 Å². The Bertz CT molecular complexity index is 1140.